The van der Waals surface area contributed by atoms with Crippen LogP contribution in [0.5, 0.6) is 5.75 Å². The third-order valence-electron chi connectivity index (χ3n) is 2.40. The van der Waals surface area contributed by atoms with E-state index in [1.807, 2.05) is 18.2 Å². The fraction of sp³-hybridized carbons (Fsp3) is 0.455. The minimum absolute atomic E-state index is 0. The second-order valence-electron chi connectivity index (χ2n) is 3.61. The molecule has 0 atom stereocenters. The van der Waals surface area contributed by atoms with E-state index in [0.29, 0.717) is 6.04 Å². The average Bonchev–Trinajstić information content (AvgIpc) is 2.98. The zero-order chi connectivity index (χ0) is 9.97. The number of halogens is 2. The van der Waals surface area contributed by atoms with Crippen molar-refractivity contribution in [2.45, 2.75) is 25.4 Å². The van der Waals surface area contributed by atoms with Crippen molar-refractivity contribution in [2.75, 3.05) is 7.11 Å². The van der Waals surface area contributed by atoms with Crippen LogP contribution in [0.4, 0.5) is 0 Å². The molecule has 0 aromatic heterocycles. The normalized spacial score (nSPS) is 14.5. The van der Waals surface area contributed by atoms with Gasteiger partial charge in [0, 0.05) is 23.2 Å². The van der Waals surface area contributed by atoms with Gasteiger partial charge >= 0.3 is 0 Å². The lowest BCUT2D eigenvalue weighted by molar-refractivity contribution is -0.00000313. The SMILES string of the molecule is COc1ccc(Cl)cc1CNC1CC1.[Cl-]. The van der Waals surface area contributed by atoms with Crippen molar-refractivity contribution in [2.24, 2.45) is 0 Å². The summed E-state index contributed by atoms with van der Waals surface area (Å²) in [7, 11) is 1.68. The molecule has 1 aromatic rings. The quantitative estimate of drug-likeness (QED) is 0.782. The van der Waals surface area contributed by atoms with Crippen LogP contribution in [-0.4, -0.2) is 13.2 Å². The molecule has 84 valence electrons. The maximum Gasteiger partial charge on any atom is 0.123 e. The molecule has 0 heterocycles. The molecule has 1 aromatic carbocycles. The van der Waals surface area contributed by atoms with E-state index in [9.17, 15) is 0 Å². The fourth-order valence-electron chi connectivity index (χ4n) is 1.43. The van der Waals surface area contributed by atoms with Crippen LogP contribution in [0.15, 0.2) is 18.2 Å². The van der Waals surface area contributed by atoms with Gasteiger partial charge in [-0.3, -0.25) is 0 Å². The highest BCUT2D eigenvalue weighted by molar-refractivity contribution is 6.30. The first kappa shape index (κ1) is 12.6. The Kier molecular flexibility index (Phi) is 4.71. The lowest BCUT2D eigenvalue weighted by Crippen LogP contribution is -3.00. The molecule has 0 spiro atoms. The topological polar surface area (TPSA) is 21.3 Å². The molecule has 0 aliphatic heterocycles. The van der Waals surface area contributed by atoms with Gasteiger partial charge < -0.3 is 22.5 Å². The first-order valence-corrected chi connectivity index (χ1v) is 5.23. The molecule has 1 N–H and O–H groups in total. The van der Waals surface area contributed by atoms with Crippen molar-refractivity contribution in [1.82, 2.24) is 5.32 Å². The molecule has 15 heavy (non-hydrogen) atoms. The zero-order valence-corrected chi connectivity index (χ0v) is 10.1. The van der Waals surface area contributed by atoms with Crippen LogP contribution in [0.2, 0.25) is 5.02 Å². The van der Waals surface area contributed by atoms with Crippen LogP contribution in [-0.2, 0) is 6.54 Å². The van der Waals surface area contributed by atoms with Crippen molar-refractivity contribution in [3.63, 3.8) is 0 Å². The van der Waals surface area contributed by atoms with Gasteiger partial charge in [0.1, 0.15) is 5.75 Å². The van der Waals surface area contributed by atoms with E-state index >= 15 is 0 Å². The van der Waals surface area contributed by atoms with Crippen molar-refractivity contribution >= 4 is 11.6 Å². The van der Waals surface area contributed by atoms with E-state index < -0.39 is 0 Å². The van der Waals surface area contributed by atoms with Crippen LogP contribution >= 0.6 is 11.6 Å². The highest BCUT2D eigenvalue weighted by atomic mass is 35.5. The van der Waals surface area contributed by atoms with Gasteiger partial charge in [-0.25, -0.2) is 0 Å². The molecule has 1 fully saturated rings. The smallest absolute Gasteiger partial charge is 0.123 e. The molecule has 0 unspecified atom stereocenters. The Hall–Kier alpha value is -0.440. The Balaban J connectivity index is 0.00000112. The molecule has 0 bridgehead atoms. The number of hydrogen-bond donors (Lipinski definition) is 1. The fourth-order valence-corrected chi connectivity index (χ4v) is 1.62. The molecule has 0 saturated heterocycles. The molecule has 1 saturated carbocycles. The highest BCUT2D eigenvalue weighted by Crippen LogP contribution is 2.24. The standard InChI is InChI=1S/C11H14ClNO.ClH/c1-14-11-5-2-9(12)6-8(11)7-13-10-3-4-10;/h2,5-6,10,13H,3-4,7H2,1H3;1H/p-1. The van der Waals surface area contributed by atoms with Crippen LogP contribution in [0.25, 0.3) is 0 Å². The third kappa shape index (κ3) is 3.56. The predicted molar refractivity (Wildman–Crippen MR) is 57.9 cm³/mol. The summed E-state index contributed by atoms with van der Waals surface area (Å²) in [6.07, 6.45) is 2.59. The second-order valence-corrected chi connectivity index (χ2v) is 4.05. The van der Waals surface area contributed by atoms with Crippen molar-refractivity contribution < 1.29 is 17.1 Å². The lowest BCUT2D eigenvalue weighted by Gasteiger charge is -2.09. The maximum atomic E-state index is 5.92. The van der Waals surface area contributed by atoms with E-state index in [4.69, 9.17) is 16.3 Å². The highest BCUT2D eigenvalue weighted by Gasteiger charge is 2.20. The van der Waals surface area contributed by atoms with Gasteiger partial charge in [-0.05, 0) is 31.0 Å². The van der Waals surface area contributed by atoms with Crippen LogP contribution in [0, 0.1) is 0 Å². The van der Waals surface area contributed by atoms with Gasteiger partial charge in [-0.2, -0.15) is 0 Å². The third-order valence-corrected chi connectivity index (χ3v) is 2.64. The van der Waals surface area contributed by atoms with Crippen molar-refractivity contribution in [3.05, 3.63) is 28.8 Å². The Morgan fingerprint density at radius 1 is 1.47 bits per heavy atom. The van der Waals surface area contributed by atoms with Crippen molar-refractivity contribution in [3.8, 4) is 5.75 Å². The van der Waals surface area contributed by atoms with E-state index in [0.717, 1.165) is 22.9 Å². The van der Waals surface area contributed by atoms with Gasteiger partial charge in [-0.1, -0.05) is 11.6 Å². The molecular weight excluding hydrogens is 233 g/mol. The Labute approximate surface area is 101 Å². The summed E-state index contributed by atoms with van der Waals surface area (Å²) in [4.78, 5) is 0. The van der Waals surface area contributed by atoms with E-state index in [-0.39, 0.29) is 12.4 Å². The van der Waals surface area contributed by atoms with E-state index in [1.54, 1.807) is 7.11 Å². The number of benzene rings is 1. The van der Waals surface area contributed by atoms with Crippen LogP contribution in [0.1, 0.15) is 18.4 Å². The monoisotopic (exact) mass is 246 g/mol. The summed E-state index contributed by atoms with van der Waals surface area (Å²) in [5, 5.41) is 4.20. The zero-order valence-electron chi connectivity index (χ0n) is 8.59. The van der Waals surface area contributed by atoms with Gasteiger partial charge in [0.2, 0.25) is 0 Å². The molecule has 2 nitrogen and oxygen atoms in total. The summed E-state index contributed by atoms with van der Waals surface area (Å²) in [5.41, 5.74) is 1.13. The second kappa shape index (κ2) is 5.59. The minimum Gasteiger partial charge on any atom is -1.00 e. The number of rotatable bonds is 4. The van der Waals surface area contributed by atoms with Gasteiger partial charge in [-0.15, -0.1) is 0 Å². The molecule has 1 aliphatic rings. The van der Waals surface area contributed by atoms with Crippen LogP contribution in [0.3, 0.4) is 0 Å². The Morgan fingerprint density at radius 3 is 2.80 bits per heavy atom. The summed E-state index contributed by atoms with van der Waals surface area (Å²) in [6, 6.07) is 6.42. The largest absolute Gasteiger partial charge is 1.00 e. The maximum absolute atomic E-state index is 5.92. The van der Waals surface area contributed by atoms with E-state index in [2.05, 4.69) is 5.32 Å². The van der Waals surface area contributed by atoms with Gasteiger partial charge in [0.15, 0.2) is 0 Å². The average molecular weight is 247 g/mol. The molecule has 0 amide bonds. The molecule has 0 radical (unpaired) electrons. The molecule has 4 heteroatoms. The Bertz CT molecular complexity index is 326. The molecule has 2 rings (SSSR count). The first-order chi connectivity index (χ1) is 6.79. The number of hydrogen-bond acceptors (Lipinski definition) is 2. The number of methoxy groups -OCH3 is 1. The van der Waals surface area contributed by atoms with Gasteiger partial charge in [0.05, 0.1) is 7.11 Å². The number of nitrogens with one attached hydrogen (secondary N) is 1. The lowest BCUT2D eigenvalue weighted by atomic mass is 10.2. The summed E-state index contributed by atoms with van der Waals surface area (Å²) >= 11 is 5.92. The summed E-state index contributed by atoms with van der Waals surface area (Å²) in [6.45, 7) is 0.842. The van der Waals surface area contributed by atoms with Crippen molar-refractivity contribution in [1.29, 1.82) is 0 Å². The Morgan fingerprint density at radius 2 is 2.20 bits per heavy atom. The van der Waals surface area contributed by atoms with Crippen LogP contribution < -0.4 is 22.5 Å². The van der Waals surface area contributed by atoms with Gasteiger partial charge in [0.25, 0.3) is 0 Å². The summed E-state index contributed by atoms with van der Waals surface area (Å²) in [5.74, 6) is 0.905. The molecule has 1 aliphatic carbocycles. The molecular formula is C11H14Cl2NO-. The number of ether oxygens (including phenoxy) is 1. The first-order valence-electron chi connectivity index (χ1n) is 4.85. The predicted octanol–water partition coefficient (Wildman–Crippen LogP) is -0.395. The van der Waals surface area contributed by atoms with E-state index in [1.165, 1.54) is 12.8 Å². The summed E-state index contributed by atoms with van der Waals surface area (Å²) < 4.78 is 5.25. The minimum atomic E-state index is 0.